The molecule has 0 heterocycles. The second-order valence-corrected chi connectivity index (χ2v) is 4.54. The molecule has 0 amide bonds. The van der Waals surface area contributed by atoms with Crippen LogP contribution in [0.2, 0.25) is 0 Å². The Balaban J connectivity index is 4.17. The molecule has 0 bridgehead atoms. The van der Waals surface area contributed by atoms with Crippen molar-refractivity contribution in [1.82, 2.24) is 0 Å². The van der Waals surface area contributed by atoms with Gasteiger partial charge in [0.1, 0.15) is 0 Å². The summed E-state index contributed by atoms with van der Waals surface area (Å²) >= 11 is 0. The molecular weight excluding hydrogens is 219 g/mol. The molecular formula is C9H17O5P. The quantitative estimate of drug-likeness (QED) is 0.385. The van der Waals surface area contributed by atoms with Gasteiger partial charge >= 0.3 is 13.6 Å². The van der Waals surface area contributed by atoms with E-state index < -0.39 is 13.6 Å². The van der Waals surface area contributed by atoms with Crippen LogP contribution in [0.3, 0.4) is 0 Å². The molecule has 0 unspecified atom stereocenters. The van der Waals surface area contributed by atoms with Gasteiger partial charge in [-0.3, -0.25) is 4.57 Å². The van der Waals surface area contributed by atoms with Gasteiger partial charge in [0.25, 0.3) is 0 Å². The first kappa shape index (κ1) is 14.4. The van der Waals surface area contributed by atoms with E-state index in [-0.39, 0.29) is 19.6 Å². The van der Waals surface area contributed by atoms with E-state index in [1.807, 2.05) is 0 Å². The molecule has 0 aliphatic heterocycles. The third-order valence-corrected chi connectivity index (χ3v) is 3.07. The van der Waals surface area contributed by atoms with Crippen LogP contribution < -0.4 is 0 Å². The van der Waals surface area contributed by atoms with E-state index in [0.29, 0.717) is 0 Å². The zero-order chi connectivity index (χ0) is 11.7. The first-order chi connectivity index (χ1) is 7.08. The molecule has 0 atom stereocenters. The van der Waals surface area contributed by atoms with Crippen LogP contribution in [0.25, 0.3) is 0 Å². The summed E-state index contributed by atoms with van der Waals surface area (Å²) in [5.41, 5.74) is 0. The summed E-state index contributed by atoms with van der Waals surface area (Å²) in [5.74, 6) is -0.558. The Bertz CT molecular complexity index is 251. The summed E-state index contributed by atoms with van der Waals surface area (Å²) in [6.07, 6.45) is 2.43. The van der Waals surface area contributed by atoms with Crippen LogP contribution in [0.5, 0.6) is 0 Å². The van der Waals surface area contributed by atoms with Gasteiger partial charge < -0.3 is 13.8 Å². The molecule has 0 fully saturated rings. The third-order valence-electron chi connectivity index (χ3n) is 1.32. The summed E-state index contributed by atoms with van der Waals surface area (Å²) in [7, 11) is -3.27. The highest BCUT2D eigenvalue weighted by Crippen LogP contribution is 2.47. The van der Waals surface area contributed by atoms with Gasteiger partial charge in [0, 0.05) is 6.08 Å². The second-order valence-electron chi connectivity index (χ2n) is 2.54. The highest BCUT2D eigenvalue weighted by Gasteiger charge is 2.25. The molecule has 0 aliphatic carbocycles. The predicted octanol–water partition coefficient (Wildman–Crippen LogP) is 2.33. The molecule has 0 aliphatic rings. The number of ether oxygens (including phenoxy) is 1. The summed E-state index contributed by atoms with van der Waals surface area (Å²) in [6.45, 7) is 5.57. The summed E-state index contributed by atoms with van der Waals surface area (Å²) in [4.78, 5) is 11.0. The van der Waals surface area contributed by atoms with Crippen molar-refractivity contribution >= 4 is 13.6 Å². The average Bonchev–Trinajstić information content (AvgIpc) is 2.16. The molecule has 88 valence electrons. The van der Waals surface area contributed by atoms with E-state index in [2.05, 4.69) is 0 Å². The fraction of sp³-hybridized carbons (Fsp3) is 0.667. The number of carbonyl (C=O) groups is 1. The van der Waals surface area contributed by atoms with Crippen molar-refractivity contribution in [1.29, 1.82) is 0 Å². The number of allylic oxidation sites excluding steroid dienone is 1. The number of esters is 1. The van der Waals surface area contributed by atoms with Crippen molar-refractivity contribution < 1.29 is 23.1 Å². The lowest BCUT2D eigenvalue weighted by Gasteiger charge is -2.15. The molecule has 0 spiro atoms. The summed E-state index contributed by atoms with van der Waals surface area (Å²) in [5, 5.41) is 0. The zero-order valence-electron chi connectivity index (χ0n) is 9.26. The van der Waals surface area contributed by atoms with Crippen LogP contribution in [0, 0.1) is 0 Å². The van der Waals surface area contributed by atoms with Crippen LogP contribution in [-0.2, 0) is 23.1 Å². The largest absolute Gasteiger partial charge is 0.450 e. The smallest absolute Gasteiger partial charge is 0.367 e. The number of hydrogen-bond donors (Lipinski definition) is 0. The lowest BCUT2D eigenvalue weighted by atomic mass is 10.5. The van der Waals surface area contributed by atoms with Crippen molar-refractivity contribution in [2.45, 2.75) is 20.8 Å². The van der Waals surface area contributed by atoms with Gasteiger partial charge in [-0.25, -0.2) is 4.79 Å². The lowest BCUT2D eigenvalue weighted by Crippen LogP contribution is -2.07. The molecule has 15 heavy (non-hydrogen) atoms. The van der Waals surface area contributed by atoms with E-state index in [9.17, 15) is 9.36 Å². The number of carbonyl (C=O) groups excluding carboxylic acids is 1. The molecule has 0 saturated carbocycles. The van der Waals surface area contributed by atoms with Gasteiger partial charge in [-0.05, 0) is 20.8 Å². The Morgan fingerprint density at radius 2 is 1.80 bits per heavy atom. The highest BCUT2D eigenvalue weighted by molar-refractivity contribution is 7.53. The topological polar surface area (TPSA) is 61.8 Å². The lowest BCUT2D eigenvalue weighted by molar-refractivity contribution is -0.136. The Hall–Kier alpha value is -0.640. The fourth-order valence-electron chi connectivity index (χ4n) is 0.832. The van der Waals surface area contributed by atoms with E-state index in [1.54, 1.807) is 20.8 Å². The molecule has 6 heteroatoms. The van der Waals surface area contributed by atoms with Crippen LogP contribution in [0.15, 0.2) is 12.2 Å². The van der Waals surface area contributed by atoms with Crippen LogP contribution >= 0.6 is 7.60 Å². The van der Waals surface area contributed by atoms with Crippen molar-refractivity contribution in [3.63, 3.8) is 0 Å². The molecule has 0 aromatic heterocycles. The van der Waals surface area contributed by atoms with Crippen molar-refractivity contribution in [3.05, 3.63) is 12.2 Å². The fourth-order valence-corrected chi connectivity index (χ4v) is 2.13. The minimum Gasteiger partial charge on any atom is -0.450 e. The third kappa shape index (κ3) is 6.44. The van der Waals surface area contributed by atoms with E-state index in [1.165, 1.54) is 12.2 Å². The minimum atomic E-state index is -3.27. The minimum absolute atomic E-state index is 0.248. The van der Waals surface area contributed by atoms with Gasteiger partial charge in [0.2, 0.25) is 0 Å². The van der Waals surface area contributed by atoms with Crippen molar-refractivity contribution in [2.24, 2.45) is 0 Å². The number of rotatable bonds is 7. The van der Waals surface area contributed by atoms with Crippen LogP contribution in [0.1, 0.15) is 20.8 Å². The molecule has 0 aromatic carbocycles. The van der Waals surface area contributed by atoms with Gasteiger partial charge in [-0.15, -0.1) is 0 Å². The molecule has 0 rings (SSSR count). The second kappa shape index (κ2) is 7.63. The van der Waals surface area contributed by atoms with Crippen LogP contribution in [0.4, 0.5) is 0 Å². The molecule has 5 nitrogen and oxygen atoms in total. The molecule has 0 aromatic rings. The van der Waals surface area contributed by atoms with Crippen molar-refractivity contribution in [3.8, 4) is 0 Å². The predicted molar refractivity (Wildman–Crippen MR) is 56.6 cm³/mol. The maximum atomic E-state index is 11.8. The van der Waals surface area contributed by atoms with Crippen molar-refractivity contribution in [2.75, 3.05) is 19.6 Å². The van der Waals surface area contributed by atoms with Crippen LogP contribution in [-0.4, -0.2) is 25.5 Å². The molecule has 0 saturated heterocycles. The maximum Gasteiger partial charge on any atom is 0.367 e. The Morgan fingerprint density at radius 1 is 1.27 bits per heavy atom. The van der Waals surface area contributed by atoms with E-state index in [0.717, 1.165) is 0 Å². The Kier molecular flexibility index (Phi) is 7.30. The first-order valence-electron chi connectivity index (χ1n) is 4.75. The SMILES string of the molecule is C/C=C/C(=O)OCP(=O)(OCC)OCC. The zero-order valence-corrected chi connectivity index (χ0v) is 10.2. The Labute approximate surface area is 89.9 Å². The van der Waals surface area contributed by atoms with Gasteiger partial charge in [0.15, 0.2) is 6.35 Å². The van der Waals surface area contributed by atoms with E-state index in [4.69, 9.17) is 13.8 Å². The number of hydrogen-bond acceptors (Lipinski definition) is 5. The average molecular weight is 236 g/mol. The first-order valence-corrected chi connectivity index (χ1v) is 6.48. The summed E-state index contributed by atoms with van der Waals surface area (Å²) < 4.78 is 26.4. The monoisotopic (exact) mass is 236 g/mol. The summed E-state index contributed by atoms with van der Waals surface area (Å²) in [6, 6.07) is 0. The molecule has 0 N–H and O–H groups in total. The standard InChI is InChI=1S/C9H17O5P/c1-4-7-9(10)12-8-15(11,13-5-2)14-6-3/h4,7H,5-6,8H2,1-3H3/b7-4+. The van der Waals surface area contributed by atoms with E-state index >= 15 is 0 Å². The maximum absolute atomic E-state index is 11.8. The van der Waals surface area contributed by atoms with Gasteiger partial charge in [-0.2, -0.15) is 0 Å². The normalized spacial score (nSPS) is 11.9. The highest BCUT2D eigenvalue weighted by atomic mass is 31.2. The molecule has 0 radical (unpaired) electrons. The Morgan fingerprint density at radius 3 is 2.20 bits per heavy atom. The van der Waals surface area contributed by atoms with Gasteiger partial charge in [-0.1, -0.05) is 6.08 Å². The van der Waals surface area contributed by atoms with Gasteiger partial charge in [0.05, 0.1) is 13.2 Å².